The summed E-state index contributed by atoms with van der Waals surface area (Å²) in [7, 11) is -0.774. The Morgan fingerprint density at radius 1 is 1.36 bits per heavy atom. The van der Waals surface area contributed by atoms with E-state index in [1.54, 1.807) is 12.1 Å². The molecule has 0 aliphatic carbocycles. The van der Waals surface area contributed by atoms with Gasteiger partial charge in [0, 0.05) is 17.9 Å². The summed E-state index contributed by atoms with van der Waals surface area (Å²) < 4.78 is 13.2. The van der Waals surface area contributed by atoms with Crippen LogP contribution in [0.2, 0.25) is 5.15 Å². The summed E-state index contributed by atoms with van der Waals surface area (Å²) in [6, 6.07) is 7.22. The average molecular weight is 400 g/mol. The van der Waals surface area contributed by atoms with Crippen molar-refractivity contribution in [1.82, 2.24) is 9.78 Å². The first-order valence-electron chi connectivity index (χ1n) is 7.95. The maximum absolute atomic E-state index is 11.2. The summed E-state index contributed by atoms with van der Waals surface area (Å²) >= 11 is 6.30. The van der Waals surface area contributed by atoms with E-state index in [1.807, 2.05) is 23.7 Å². The molecule has 25 heavy (non-hydrogen) atoms. The Hall–Kier alpha value is -1.24. The van der Waals surface area contributed by atoms with Crippen molar-refractivity contribution in [2.45, 2.75) is 25.3 Å². The Morgan fingerprint density at radius 3 is 2.56 bits per heavy atom. The minimum absolute atomic E-state index is 0.530. The molecule has 2 atom stereocenters. The van der Waals surface area contributed by atoms with Crippen LogP contribution in [0.4, 0.5) is 5.69 Å². The summed E-state index contributed by atoms with van der Waals surface area (Å²) in [6.45, 7) is 5.53. The van der Waals surface area contributed by atoms with Gasteiger partial charge in [-0.2, -0.15) is 5.10 Å². The predicted molar refractivity (Wildman–Crippen MR) is 109 cm³/mol. The Balaban J connectivity index is 0.000000701. The summed E-state index contributed by atoms with van der Waals surface area (Å²) in [5.41, 5.74) is 8.90. The van der Waals surface area contributed by atoms with E-state index in [0.717, 1.165) is 36.2 Å². The van der Waals surface area contributed by atoms with Crippen LogP contribution < -0.4 is 21.6 Å². The van der Waals surface area contributed by atoms with Crippen LogP contribution in [0.15, 0.2) is 35.2 Å². The molecule has 0 amide bonds. The monoisotopic (exact) mass is 399 g/mol. The van der Waals surface area contributed by atoms with Crippen molar-refractivity contribution in [3.8, 4) is 0 Å². The fraction of sp³-hybridized carbons (Fsp3) is 0.312. The van der Waals surface area contributed by atoms with E-state index in [0.29, 0.717) is 18.6 Å². The molecule has 1 aliphatic rings. The number of aromatic nitrogens is 2. The number of halogens is 1. The first-order chi connectivity index (χ1) is 12.0. The van der Waals surface area contributed by atoms with E-state index in [1.165, 1.54) is 5.44 Å². The number of nitrogens with zero attached hydrogens (tertiary/aromatic N) is 2. The predicted octanol–water partition coefficient (Wildman–Crippen LogP) is 2.27. The van der Waals surface area contributed by atoms with Gasteiger partial charge in [-0.1, -0.05) is 33.2 Å². The molecule has 6 nitrogen and oxygen atoms in total. The highest BCUT2D eigenvalue weighted by Crippen LogP contribution is 2.32. The Labute approximate surface area is 157 Å². The summed E-state index contributed by atoms with van der Waals surface area (Å²) in [5.74, 6) is 0. The summed E-state index contributed by atoms with van der Waals surface area (Å²) in [6.07, 6.45) is 3.12. The number of anilines is 1. The lowest BCUT2D eigenvalue weighted by atomic mass is 10.2. The molecule has 1 aromatic heterocycles. The lowest BCUT2D eigenvalue weighted by Gasteiger charge is -2.17. The van der Waals surface area contributed by atoms with Crippen molar-refractivity contribution in [2.75, 3.05) is 18.0 Å². The first-order valence-corrected chi connectivity index (χ1v) is 10.8. The molecule has 9 heteroatoms. The number of rotatable bonds is 4. The van der Waals surface area contributed by atoms with E-state index in [4.69, 9.17) is 22.5 Å². The normalized spacial score (nSPS) is 15.0. The molecule has 0 bridgehead atoms. The van der Waals surface area contributed by atoms with E-state index >= 15 is 0 Å². The van der Waals surface area contributed by atoms with Crippen molar-refractivity contribution in [3.05, 3.63) is 41.1 Å². The lowest BCUT2D eigenvalue weighted by Crippen LogP contribution is -2.19. The average Bonchev–Trinajstić information content (AvgIpc) is 2.93. The second-order valence-electron chi connectivity index (χ2n) is 5.18. The molecule has 3 rings (SSSR count). The van der Waals surface area contributed by atoms with Crippen LogP contribution in [-0.4, -0.2) is 26.7 Å². The molecule has 0 saturated carbocycles. The molecule has 1 aromatic carbocycles. The molecular weight excluding hydrogens is 377 g/mol. The SMILES string of the molecule is CCN.CCn1nc(Cl)c2c1PCC=C2Nc1ccc(S(N)=O)cc1. The van der Waals surface area contributed by atoms with Gasteiger partial charge in [-0.05, 0) is 43.9 Å². The molecule has 0 radical (unpaired) electrons. The molecule has 0 spiro atoms. The molecule has 2 unspecified atom stereocenters. The maximum Gasteiger partial charge on any atom is 0.161 e. The van der Waals surface area contributed by atoms with E-state index in [-0.39, 0.29) is 0 Å². The van der Waals surface area contributed by atoms with E-state index < -0.39 is 11.0 Å². The first kappa shape index (κ1) is 20.1. The van der Waals surface area contributed by atoms with E-state index in [9.17, 15) is 4.21 Å². The van der Waals surface area contributed by atoms with E-state index in [2.05, 4.69) is 23.4 Å². The van der Waals surface area contributed by atoms with Crippen molar-refractivity contribution in [1.29, 1.82) is 0 Å². The number of benzene rings is 1. The molecule has 1 aliphatic heterocycles. The highest BCUT2D eigenvalue weighted by molar-refractivity contribution is 7.82. The van der Waals surface area contributed by atoms with Gasteiger partial charge in [0.2, 0.25) is 0 Å². The Kier molecular flexibility index (Phi) is 7.59. The minimum atomic E-state index is -1.46. The van der Waals surface area contributed by atoms with Crippen LogP contribution in [0.5, 0.6) is 0 Å². The molecule has 2 aromatic rings. The second-order valence-corrected chi connectivity index (χ2v) is 7.84. The quantitative estimate of drug-likeness (QED) is 0.687. The second kappa shape index (κ2) is 9.46. The maximum atomic E-state index is 11.2. The third-order valence-electron chi connectivity index (χ3n) is 3.42. The van der Waals surface area contributed by atoms with Crippen molar-refractivity contribution in [2.24, 2.45) is 10.9 Å². The smallest absolute Gasteiger partial charge is 0.161 e. The zero-order valence-electron chi connectivity index (χ0n) is 14.3. The zero-order valence-corrected chi connectivity index (χ0v) is 16.8. The summed E-state index contributed by atoms with van der Waals surface area (Å²) in [5, 5.41) is 13.7. The number of fused-ring (bicyclic) bond motifs is 1. The molecular formula is C16H23ClN5OPS. The minimum Gasteiger partial charge on any atom is -0.355 e. The molecule has 0 saturated heterocycles. The van der Waals surface area contributed by atoms with Gasteiger partial charge >= 0.3 is 0 Å². The third kappa shape index (κ3) is 4.90. The van der Waals surface area contributed by atoms with Gasteiger partial charge in [-0.3, -0.25) is 4.68 Å². The number of allylic oxidation sites excluding steroid dienone is 1. The Morgan fingerprint density at radius 2 is 2.00 bits per heavy atom. The van der Waals surface area contributed by atoms with Crippen LogP contribution in [0, 0.1) is 0 Å². The van der Waals surface area contributed by atoms with Crippen molar-refractivity contribution < 1.29 is 4.21 Å². The van der Waals surface area contributed by atoms with Gasteiger partial charge in [0.15, 0.2) is 5.15 Å². The molecule has 136 valence electrons. The van der Waals surface area contributed by atoms with Gasteiger partial charge in [-0.25, -0.2) is 9.35 Å². The molecule has 0 fully saturated rings. The van der Waals surface area contributed by atoms with Crippen LogP contribution >= 0.6 is 20.2 Å². The topological polar surface area (TPSA) is 99.0 Å². The highest BCUT2D eigenvalue weighted by atomic mass is 35.5. The zero-order chi connectivity index (χ0) is 18.4. The van der Waals surface area contributed by atoms with Crippen LogP contribution in [0.25, 0.3) is 5.70 Å². The fourth-order valence-corrected chi connectivity index (χ4v) is 4.46. The number of aryl methyl sites for hydroxylation is 1. The van der Waals surface area contributed by atoms with Gasteiger partial charge in [0.1, 0.15) is 11.0 Å². The van der Waals surface area contributed by atoms with Gasteiger partial charge in [-0.15, -0.1) is 0 Å². The van der Waals surface area contributed by atoms with Gasteiger partial charge in [0.05, 0.1) is 15.9 Å². The van der Waals surface area contributed by atoms with Crippen LogP contribution in [-0.2, 0) is 17.5 Å². The third-order valence-corrected chi connectivity index (χ3v) is 5.67. The van der Waals surface area contributed by atoms with Crippen LogP contribution in [0.1, 0.15) is 19.4 Å². The van der Waals surface area contributed by atoms with Gasteiger partial charge in [0.25, 0.3) is 0 Å². The number of hydrogen-bond acceptors (Lipinski definition) is 4. The molecule has 5 N–H and O–H groups in total. The van der Waals surface area contributed by atoms with Gasteiger partial charge < -0.3 is 11.1 Å². The lowest BCUT2D eigenvalue weighted by molar-refractivity contribution is 0.678. The highest BCUT2D eigenvalue weighted by Gasteiger charge is 2.22. The van der Waals surface area contributed by atoms with Crippen molar-refractivity contribution >= 4 is 48.0 Å². The fourth-order valence-electron chi connectivity index (χ4n) is 2.37. The van der Waals surface area contributed by atoms with Crippen LogP contribution in [0.3, 0.4) is 0 Å². The number of hydrogen-bond donors (Lipinski definition) is 3. The molecule has 2 heterocycles. The Bertz CT molecular complexity index is 776. The number of nitrogens with two attached hydrogens (primary N) is 2. The largest absolute Gasteiger partial charge is 0.355 e. The number of nitrogens with one attached hydrogen (secondary N) is 1. The summed E-state index contributed by atoms with van der Waals surface area (Å²) in [4.78, 5) is 0.599. The standard InChI is InChI=1S/C14H16ClN4OPS.C2H7N/c1-2-19-14-12(13(15)18-19)11(7-8-21-14)17-9-3-5-10(6-4-9)22(16)20;1-2-3/h3-7,17,21H,2,8,16H2,1H3;2-3H2,1H3. The van der Waals surface area contributed by atoms with Crippen molar-refractivity contribution in [3.63, 3.8) is 0 Å².